The molecule has 1 atom stereocenters. The van der Waals surface area contributed by atoms with E-state index >= 15 is 0 Å². The van der Waals surface area contributed by atoms with Gasteiger partial charge >= 0.3 is 5.95 Å². The lowest BCUT2D eigenvalue weighted by molar-refractivity contribution is -0.661. The third kappa shape index (κ3) is 1.05. The molecule has 0 bridgehead atoms. The van der Waals surface area contributed by atoms with Gasteiger partial charge in [0, 0.05) is 0 Å². The van der Waals surface area contributed by atoms with Gasteiger partial charge in [-0.15, -0.1) is 0 Å². The van der Waals surface area contributed by atoms with Crippen LogP contribution in [0.15, 0.2) is 17.4 Å². The van der Waals surface area contributed by atoms with Gasteiger partial charge in [-0.25, -0.2) is 4.99 Å². The number of rotatable bonds is 1. The largest absolute Gasteiger partial charge is 0.356 e. The molecule has 2 N–H and O–H groups in total. The highest BCUT2D eigenvalue weighted by Gasteiger charge is 2.14. The van der Waals surface area contributed by atoms with Crippen molar-refractivity contribution in [2.45, 2.75) is 6.92 Å². The first-order chi connectivity index (χ1) is 5.36. The number of aryl methyl sites for hydroxylation is 1. The average Bonchev–Trinajstić information content (AvgIpc) is 2.55. The molecule has 0 fully saturated rings. The fourth-order valence-corrected chi connectivity index (χ4v) is 0.894. The van der Waals surface area contributed by atoms with Crippen molar-refractivity contribution in [1.29, 1.82) is 0 Å². The first-order valence-corrected chi connectivity index (χ1v) is 3.32. The summed E-state index contributed by atoms with van der Waals surface area (Å²) in [5.41, 5.74) is 0. The van der Waals surface area contributed by atoms with E-state index in [1.807, 2.05) is 13.1 Å². The quantitative estimate of drug-likeness (QED) is 0.547. The molecular formula is C6H8N5+. The van der Waals surface area contributed by atoms with Crippen LogP contribution in [0.25, 0.3) is 0 Å². The minimum Gasteiger partial charge on any atom is -0.258 e. The number of quaternary nitrogens is 1. The van der Waals surface area contributed by atoms with Crippen LogP contribution in [0.4, 0.5) is 5.95 Å². The van der Waals surface area contributed by atoms with Crippen LogP contribution in [-0.4, -0.2) is 21.5 Å². The molecule has 5 nitrogen and oxygen atoms in total. The molecule has 1 aliphatic heterocycles. The average molecular weight is 150 g/mol. The molecule has 2 heterocycles. The summed E-state index contributed by atoms with van der Waals surface area (Å²) in [7, 11) is 0. The Morgan fingerprint density at radius 1 is 1.55 bits per heavy atom. The summed E-state index contributed by atoms with van der Waals surface area (Å²) in [6, 6.07) is 0. The van der Waals surface area contributed by atoms with Crippen LogP contribution < -0.4 is 4.90 Å². The van der Waals surface area contributed by atoms with Gasteiger partial charge in [0.1, 0.15) is 12.0 Å². The summed E-state index contributed by atoms with van der Waals surface area (Å²) in [4.78, 5) is 9.01. The number of aromatic nitrogens is 3. The van der Waals surface area contributed by atoms with Crippen molar-refractivity contribution in [3.05, 3.63) is 18.2 Å². The maximum Gasteiger partial charge on any atom is 0.356 e. The zero-order chi connectivity index (χ0) is 7.68. The summed E-state index contributed by atoms with van der Waals surface area (Å²) in [5, 5.41) is 6.75. The van der Waals surface area contributed by atoms with E-state index in [1.165, 1.54) is 0 Å². The predicted molar refractivity (Wildman–Crippen MR) is 39.4 cm³/mol. The van der Waals surface area contributed by atoms with E-state index in [0.29, 0.717) is 5.95 Å². The number of nitrogens with zero attached hydrogens (tertiary/aromatic N) is 3. The van der Waals surface area contributed by atoms with Crippen LogP contribution in [-0.2, 0) is 0 Å². The Balaban J connectivity index is 2.29. The second-order valence-electron chi connectivity index (χ2n) is 2.29. The molecule has 0 radical (unpaired) electrons. The molecule has 0 aliphatic carbocycles. The van der Waals surface area contributed by atoms with E-state index in [-0.39, 0.29) is 0 Å². The van der Waals surface area contributed by atoms with E-state index in [2.05, 4.69) is 20.2 Å². The van der Waals surface area contributed by atoms with Crippen molar-refractivity contribution in [2.75, 3.05) is 0 Å². The van der Waals surface area contributed by atoms with Gasteiger partial charge in [0.05, 0.1) is 6.20 Å². The van der Waals surface area contributed by atoms with Gasteiger partial charge in [-0.2, -0.15) is 9.88 Å². The standard InChI is InChI=1S/C6H7N5/c1-5-8-6(10-9-5)11-3-2-7-4-11/h2-4H,1H3,(H,8,9,10)/p+1. The van der Waals surface area contributed by atoms with Gasteiger partial charge in [-0.3, -0.25) is 5.10 Å². The minimum atomic E-state index is 0.708. The van der Waals surface area contributed by atoms with Crippen molar-refractivity contribution in [2.24, 2.45) is 4.99 Å². The van der Waals surface area contributed by atoms with Crippen molar-refractivity contribution >= 4 is 12.3 Å². The second kappa shape index (κ2) is 2.28. The second-order valence-corrected chi connectivity index (χ2v) is 2.29. The first kappa shape index (κ1) is 6.23. The summed E-state index contributed by atoms with van der Waals surface area (Å²) < 4.78 is 0. The first-order valence-electron chi connectivity index (χ1n) is 3.32. The van der Waals surface area contributed by atoms with Gasteiger partial charge in [-0.1, -0.05) is 5.10 Å². The van der Waals surface area contributed by atoms with Gasteiger partial charge in [-0.05, 0) is 6.92 Å². The summed E-state index contributed by atoms with van der Waals surface area (Å²) in [6.07, 6.45) is 5.34. The maximum atomic E-state index is 4.15. The number of hydrogen-bond acceptors (Lipinski definition) is 3. The Bertz CT molecular complexity index is 299. The molecule has 0 amide bonds. The molecule has 1 aliphatic rings. The number of nitrogens with one attached hydrogen (secondary N) is 2. The van der Waals surface area contributed by atoms with Crippen LogP contribution in [0.3, 0.4) is 0 Å². The highest BCUT2D eigenvalue weighted by molar-refractivity contribution is 5.50. The van der Waals surface area contributed by atoms with Gasteiger partial charge < -0.3 is 0 Å². The van der Waals surface area contributed by atoms with E-state index in [4.69, 9.17) is 0 Å². The van der Waals surface area contributed by atoms with Crippen molar-refractivity contribution < 1.29 is 4.90 Å². The number of H-pyrrole nitrogens is 1. The predicted octanol–water partition coefficient (Wildman–Crippen LogP) is -0.857. The zero-order valence-electron chi connectivity index (χ0n) is 6.07. The Labute approximate surface area is 63.5 Å². The van der Waals surface area contributed by atoms with Crippen LogP contribution in [0.2, 0.25) is 0 Å². The zero-order valence-corrected chi connectivity index (χ0v) is 6.07. The van der Waals surface area contributed by atoms with E-state index in [0.717, 1.165) is 10.7 Å². The summed E-state index contributed by atoms with van der Waals surface area (Å²) >= 11 is 0. The van der Waals surface area contributed by atoms with Crippen LogP contribution >= 0.6 is 0 Å². The summed E-state index contributed by atoms with van der Waals surface area (Å²) in [5.74, 6) is 1.53. The van der Waals surface area contributed by atoms with Crippen molar-refractivity contribution in [3.8, 4) is 0 Å². The molecule has 1 aromatic heterocycles. The molecule has 1 aromatic rings. The van der Waals surface area contributed by atoms with E-state index in [9.17, 15) is 0 Å². The topological polar surface area (TPSA) is 58.4 Å². The fraction of sp³-hybridized carbons (Fsp3) is 0.167. The van der Waals surface area contributed by atoms with Crippen LogP contribution in [0.1, 0.15) is 5.82 Å². The van der Waals surface area contributed by atoms with Crippen molar-refractivity contribution in [3.63, 3.8) is 0 Å². The molecule has 1 unspecified atom stereocenters. The highest BCUT2D eigenvalue weighted by atomic mass is 15.4. The van der Waals surface area contributed by atoms with Crippen molar-refractivity contribution in [1.82, 2.24) is 15.2 Å². The fourth-order valence-electron chi connectivity index (χ4n) is 0.894. The maximum absolute atomic E-state index is 4.15. The lowest BCUT2D eigenvalue weighted by atomic mass is 10.7. The number of aliphatic imine (C=N–C) groups is 1. The minimum absolute atomic E-state index is 0.708. The molecule has 11 heavy (non-hydrogen) atoms. The van der Waals surface area contributed by atoms with E-state index in [1.54, 1.807) is 12.5 Å². The SMILES string of the molecule is Cc1nc([NH+]2C=CN=C2)n[nH]1. The van der Waals surface area contributed by atoms with Gasteiger partial charge in [0.15, 0.2) is 0 Å². The molecule has 0 saturated carbocycles. The lowest BCUT2D eigenvalue weighted by Gasteiger charge is -1.94. The molecule has 2 rings (SSSR count). The smallest absolute Gasteiger partial charge is 0.258 e. The number of hydrogen-bond donors (Lipinski definition) is 2. The van der Waals surface area contributed by atoms with Gasteiger partial charge in [0.25, 0.3) is 0 Å². The Morgan fingerprint density at radius 3 is 3.00 bits per heavy atom. The molecular weight excluding hydrogens is 142 g/mol. The third-order valence-corrected chi connectivity index (χ3v) is 1.41. The molecule has 0 saturated heterocycles. The van der Waals surface area contributed by atoms with Crippen LogP contribution in [0, 0.1) is 6.92 Å². The summed E-state index contributed by atoms with van der Waals surface area (Å²) in [6.45, 7) is 1.87. The van der Waals surface area contributed by atoms with Crippen LogP contribution in [0.5, 0.6) is 0 Å². The number of aromatic amines is 1. The molecule has 56 valence electrons. The third-order valence-electron chi connectivity index (χ3n) is 1.41. The lowest BCUT2D eigenvalue weighted by Crippen LogP contribution is -3.00. The monoisotopic (exact) mass is 150 g/mol. The Kier molecular flexibility index (Phi) is 1.29. The molecule has 0 spiro atoms. The normalized spacial score (nSPS) is 21.4. The molecule has 5 heteroatoms. The Hall–Kier alpha value is -1.49. The molecule has 0 aromatic carbocycles. The Morgan fingerprint density at radius 2 is 2.45 bits per heavy atom. The highest BCUT2D eigenvalue weighted by Crippen LogP contribution is 1.90. The van der Waals surface area contributed by atoms with Gasteiger partial charge in [0.2, 0.25) is 6.34 Å². The van der Waals surface area contributed by atoms with E-state index < -0.39 is 0 Å².